The first kappa shape index (κ1) is 16.2. The molecule has 0 aliphatic carbocycles. The lowest BCUT2D eigenvalue weighted by atomic mass is 10.2. The normalized spacial score (nSPS) is 10.5. The first-order chi connectivity index (χ1) is 11.5. The van der Waals surface area contributed by atoms with E-state index in [-0.39, 0.29) is 5.02 Å². The lowest BCUT2D eigenvalue weighted by Gasteiger charge is -2.10. The quantitative estimate of drug-likeness (QED) is 0.669. The van der Waals surface area contributed by atoms with E-state index in [0.717, 1.165) is 11.4 Å². The third-order valence-corrected chi connectivity index (χ3v) is 3.64. The summed E-state index contributed by atoms with van der Waals surface area (Å²) in [5, 5.41) is 6.34. The molecule has 4 nitrogen and oxygen atoms in total. The van der Waals surface area contributed by atoms with E-state index in [2.05, 4.69) is 20.6 Å². The summed E-state index contributed by atoms with van der Waals surface area (Å²) in [5.74, 6) is 0.622. The molecule has 0 aliphatic rings. The van der Waals surface area contributed by atoms with Crippen molar-refractivity contribution in [3.05, 3.63) is 70.6 Å². The SMILES string of the molecule is Cc1ccc(Nc2nc(C)cc(Nc3ccc(F)c(Cl)c3)n2)cc1. The molecule has 0 radical (unpaired) electrons. The van der Waals surface area contributed by atoms with Gasteiger partial charge in [-0.05, 0) is 44.2 Å². The van der Waals surface area contributed by atoms with Crippen LogP contribution in [0.15, 0.2) is 48.5 Å². The zero-order chi connectivity index (χ0) is 17.1. The monoisotopic (exact) mass is 342 g/mol. The molecule has 3 rings (SSSR count). The number of nitrogens with zero attached hydrogens (tertiary/aromatic N) is 2. The molecule has 24 heavy (non-hydrogen) atoms. The van der Waals surface area contributed by atoms with Crippen LogP contribution in [0.5, 0.6) is 0 Å². The Morgan fingerprint density at radius 2 is 1.58 bits per heavy atom. The number of benzene rings is 2. The van der Waals surface area contributed by atoms with Crippen molar-refractivity contribution in [1.29, 1.82) is 0 Å². The standard InChI is InChI=1S/C18H16ClFN4/c1-11-3-5-13(6-4-11)23-18-21-12(2)9-17(24-18)22-14-7-8-16(20)15(19)10-14/h3-10H,1-2H3,(H2,21,22,23,24). The minimum absolute atomic E-state index is 0.0591. The van der Waals surface area contributed by atoms with Gasteiger partial charge >= 0.3 is 0 Å². The minimum atomic E-state index is -0.456. The number of halogens is 2. The van der Waals surface area contributed by atoms with Crippen LogP contribution in [0.2, 0.25) is 5.02 Å². The van der Waals surface area contributed by atoms with E-state index in [1.165, 1.54) is 17.7 Å². The second-order valence-corrected chi connectivity index (χ2v) is 5.87. The molecule has 0 amide bonds. The highest BCUT2D eigenvalue weighted by Gasteiger charge is 2.05. The van der Waals surface area contributed by atoms with E-state index in [4.69, 9.17) is 11.6 Å². The van der Waals surface area contributed by atoms with E-state index in [1.54, 1.807) is 12.1 Å². The molecule has 0 saturated heterocycles. The molecule has 0 bridgehead atoms. The summed E-state index contributed by atoms with van der Waals surface area (Å²) < 4.78 is 13.2. The van der Waals surface area contributed by atoms with Crippen molar-refractivity contribution in [2.75, 3.05) is 10.6 Å². The van der Waals surface area contributed by atoms with Gasteiger partial charge in [0.05, 0.1) is 5.02 Å². The summed E-state index contributed by atoms with van der Waals surface area (Å²) >= 11 is 5.80. The third-order valence-electron chi connectivity index (χ3n) is 3.35. The lowest BCUT2D eigenvalue weighted by Crippen LogP contribution is -2.02. The van der Waals surface area contributed by atoms with Crippen molar-refractivity contribution in [3.63, 3.8) is 0 Å². The molecular formula is C18H16ClFN4. The summed E-state index contributed by atoms with van der Waals surface area (Å²) in [7, 11) is 0. The summed E-state index contributed by atoms with van der Waals surface area (Å²) in [6.45, 7) is 3.91. The van der Waals surface area contributed by atoms with Gasteiger partial charge < -0.3 is 10.6 Å². The van der Waals surface area contributed by atoms with Gasteiger partial charge in [0.2, 0.25) is 5.95 Å². The largest absolute Gasteiger partial charge is 0.340 e. The number of hydrogen-bond acceptors (Lipinski definition) is 4. The van der Waals surface area contributed by atoms with Gasteiger partial charge in [-0.15, -0.1) is 0 Å². The van der Waals surface area contributed by atoms with E-state index in [1.807, 2.05) is 38.1 Å². The van der Waals surface area contributed by atoms with Crippen LogP contribution < -0.4 is 10.6 Å². The van der Waals surface area contributed by atoms with Gasteiger partial charge in [-0.1, -0.05) is 29.3 Å². The van der Waals surface area contributed by atoms with Gasteiger partial charge in [0.15, 0.2) is 0 Å². The highest BCUT2D eigenvalue weighted by atomic mass is 35.5. The second-order valence-electron chi connectivity index (χ2n) is 5.46. The Hall–Kier alpha value is -2.66. The number of nitrogens with one attached hydrogen (secondary N) is 2. The van der Waals surface area contributed by atoms with Crippen molar-refractivity contribution >= 4 is 34.7 Å². The number of anilines is 4. The van der Waals surface area contributed by atoms with Crippen molar-refractivity contribution in [2.45, 2.75) is 13.8 Å². The van der Waals surface area contributed by atoms with Crippen LogP contribution in [0, 0.1) is 19.7 Å². The molecular weight excluding hydrogens is 327 g/mol. The van der Waals surface area contributed by atoms with Crippen molar-refractivity contribution in [3.8, 4) is 0 Å². The average Bonchev–Trinajstić information content (AvgIpc) is 2.53. The van der Waals surface area contributed by atoms with Crippen molar-refractivity contribution in [1.82, 2.24) is 9.97 Å². The van der Waals surface area contributed by atoms with Crippen molar-refractivity contribution in [2.24, 2.45) is 0 Å². The molecule has 0 aliphatic heterocycles. The zero-order valence-electron chi connectivity index (χ0n) is 13.3. The number of aryl methyl sites for hydroxylation is 2. The van der Waals surface area contributed by atoms with Gasteiger partial charge in [-0.2, -0.15) is 4.98 Å². The Morgan fingerprint density at radius 1 is 0.875 bits per heavy atom. The fraction of sp³-hybridized carbons (Fsp3) is 0.111. The van der Waals surface area contributed by atoms with E-state index in [9.17, 15) is 4.39 Å². The number of aromatic nitrogens is 2. The maximum absolute atomic E-state index is 13.2. The van der Waals surface area contributed by atoms with Gasteiger partial charge in [0.25, 0.3) is 0 Å². The van der Waals surface area contributed by atoms with Crippen LogP contribution in [0.3, 0.4) is 0 Å². The van der Waals surface area contributed by atoms with Gasteiger partial charge in [-0.3, -0.25) is 0 Å². The lowest BCUT2D eigenvalue weighted by molar-refractivity contribution is 0.628. The molecule has 3 aromatic rings. The minimum Gasteiger partial charge on any atom is -0.340 e. The van der Waals surface area contributed by atoms with Crippen LogP contribution in [0.25, 0.3) is 0 Å². The summed E-state index contributed by atoms with van der Waals surface area (Å²) in [5.41, 5.74) is 3.54. The smallest absolute Gasteiger partial charge is 0.229 e. The Morgan fingerprint density at radius 3 is 2.29 bits per heavy atom. The number of hydrogen-bond donors (Lipinski definition) is 2. The molecule has 2 aromatic carbocycles. The highest BCUT2D eigenvalue weighted by molar-refractivity contribution is 6.31. The average molecular weight is 343 g/mol. The predicted molar refractivity (Wildman–Crippen MR) is 95.9 cm³/mol. The predicted octanol–water partition coefficient (Wildman–Crippen LogP) is 5.37. The Kier molecular flexibility index (Phi) is 4.62. The number of rotatable bonds is 4. The summed E-state index contributed by atoms with van der Waals surface area (Å²) in [4.78, 5) is 8.81. The Labute approximate surface area is 144 Å². The van der Waals surface area contributed by atoms with Crippen LogP contribution in [0.4, 0.5) is 27.5 Å². The Bertz CT molecular complexity index is 865. The fourth-order valence-corrected chi connectivity index (χ4v) is 2.36. The molecule has 0 spiro atoms. The van der Waals surface area contributed by atoms with Gasteiger partial charge in [-0.25, -0.2) is 9.37 Å². The van der Waals surface area contributed by atoms with Crippen LogP contribution >= 0.6 is 11.6 Å². The molecule has 0 saturated carbocycles. The molecule has 0 unspecified atom stereocenters. The first-order valence-corrected chi connectivity index (χ1v) is 7.79. The summed E-state index contributed by atoms with van der Waals surface area (Å²) in [6, 6.07) is 14.2. The first-order valence-electron chi connectivity index (χ1n) is 7.41. The van der Waals surface area contributed by atoms with E-state index in [0.29, 0.717) is 17.5 Å². The molecule has 0 fully saturated rings. The zero-order valence-corrected chi connectivity index (χ0v) is 14.0. The van der Waals surface area contributed by atoms with Crippen LogP contribution in [-0.2, 0) is 0 Å². The second kappa shape index (κ2) is 6.84. The fourth-order valence-electron chi connectivity index (χ4n) is 2.18. The maximum Gasteiger partial charge on any atom is 0.229 e. The molecule has 6 heteroatoms. The van der Waals surface area contributed by atoms with Crippen LogP contribution in [0.1, 0.15) is 11.3 Å². The Balaban J connectivity index is 1.82. The summed E-state index contributed by atoms with van der Waals surface area (Å²) in [6.07, 6.45) is 0. The van der Waals surface area contributed by atoms with E-state index >= 15 is 0 Å². The molecule has 0 atom stereocenters. The third kappa shape index (κ3) is 4.00. The topological polar surface area (TPSA) is 49.8 Å². The highest BCUT2D eigenvalue weighted by Crippen LogP contribution is 2.23. The molecule has 2 N–H and O–H groups in total. The van der Waals surface area contributed by atoms with Gasteiger partial charge in [0.1, 0.15) is 11.6 Å². The van der Waals surface area contributed by atoms with Gasteiger partial charge in [0, 0.05) is 23.1 Å². The van der Waals surface area contributed by atoms with E-state index < -0.39 is 5.82 Å². The molecule has 1 heterocycles. The molecule has 122 valence electrons. The van der Waals surface area contributed by atoms with Crippen molar-refractivity contribution < 1.29 is 4.39 Å². The van der Waals surface area contributed by atoms with Crippen LogP contribution in [-0.4, -0.2) is 9.97 Å². The maximum atomic E-state index is 13.2. The molecule has 1 aromatic heterocycles.